The quantitative estimate of drug-likeness (QED) is 0.650. The van der Waals surface area contributed by atoms with E-state index in [0.29, 0.717) is 0 Å². The highest BCUT2D eigenvalue weighted by molar-refractivity contribution is 5.65. The lowest BCUT2D eigenvalue weighted by molar-refractivity contribution is 1.01. The van der Waals surface area contributed by atoms with E-state index >= 15 is 0 Å². The van der Waals surface area contributed by atoms with Crippen molar-refractivity contribution < 1.29 is 0 Å². The molecule has 1 aliphatic carbocycles. The van der Waals surface area contributed by atoms with Crippen molar-refractivity contribution in [2.75, 3.05) is 0 Å². The van der Waals surface area contributed by atoms with Gasteiger partial charge in [-0.3, -0.25) is 0 Å². The van der Waals surface area contributed by atoms with Gasteiger partial charge in [0.05, 0.1) is 5.69 Å². The van der Waals surface area contributed by atoms with Gasteiger partial charge in [-0.15, -0.1) is 0 Å². The van der Waals surface area contributed by atoms with Crippen molar-refractivity contribution in [1.29, 1.82) is 0 Å². The molecule has 2 rings (SSSR count). The van der Waals surface area contributed by atoms with Crippen LogP contribution in [0, 0.1) is 6.92 Å². The van der Waals surface area contributed by atoms with Gasteiger partial charge in [0.1, 0.15) is 6.33 Å². The number of hydrogen-bond acceptors (Lipinski definition) is 2. The number of hydrogen-bond donors (Lipinski definition) is 0. The lowest BCUT2D eigenvalue weighted by Gasteiger charge is -2.07. The molecular formula is C11H12N2. The van der Waals surface area contributed by atoms with Crippen LogP contribution < -0.4 is 0 Å². The smallest absolute Gasteiger partial charge is 0.116 e. The Balaban J connectivity index is 2.34. The summed E-state index contributed by atoms with van der Waals surface area (Å²) in [6.45, 7) is 1.99. The average Bonchev–Trinajstić information content (AvgIpc) is 2.19. The number of aromatic nitrogens is 2. The number of rotatable bonds is 1. The van der Waals surface area contributed by atoms with Crippen molar-refractivity contribution >= 4 is 5.57 Å². The summed E-state index contributed by atoms with van der Waals surface area (Å²) in [6, 6.07) is 2.03. The molecule has 0 N–H and O–H groups in total. The van der Waals surface area contributed by atoms with E-state index in [1.165, 1.54) is 5.57 Å². The van der Waals surface area contributed by atoms with E-state index in [1.807, 2.05) is 13.0 Å². The van der Waals surface area contributed by atoms with Crippen LogP contribution in [0.4, 0.5) is 0 Å². The van der Waals surface area contributed by atoms with Gasteiger partial charge in [-0.25, -0.2) is 9.97 Å². The molecule has 0 amide bonds. The van der Waals surface area contributed by atoms with Crippen LogP contribution in [-0.2, 0) is 0 Å². The molecule has 0 saturated carbocycles. The summed E-state index contributed by atoms with van der Waals surface area (Å²) in [7, 11) is 0. The highest BCUT2D eigenvalue weighted by Crippen LogP contribution is 2.21. The molecule has 0 aromatic carbocycles. The predicted molar refractivity (Wildman–Crippen MR) is 53.1 cm³/mol. The Morgan fingerprint density at radius 3 is 2.92 bits per heavy atom. The van der Waals surface area contributed by atoms with Crippen molar-refractivity contribution in [1.82, 2.24) is 9.97 Å². The topological polar surface area (TPSA) is 25.8 Å². The molecule has 0 fully saturated rings. The monoisotopic (exact) mass is 172 g/mol. The molecular weight excluding hydrogens is 160 g/mol. The van der Waals surface area contributed by atoms with Gasteiger partial charge in [-0.1, -0.05) is 18.2 Å². The second-order valence-corrected chi connectivity index (χ2v) is 3.20. The van der Waals surface area contributed by atoms with E-state index in [4.69, 9.17) is 0 Å². The van der Waals surface area contributed by atoms with Crippen LogP contribution in [0.5, 0.6) is 0 Å². The molecule has 2 nitrogen and oxygen atoms in total. The Morgan fingerprint density at radius 1 is 1.31 bits per heavy atom. The first-order chi connectivity index (χ1) is 6.36. The maximum Gasteiger partial charge on any atom is 0.116 e. The van der Waals surface area contributed by atoms with Crippen molar-refractivity contribution in [3.05, 3.63) is 42.0 Å². The number of aryl methyl sites for hydroxylation is 1. The first-order valence-corrected chi connectivity index (χ1v) is 4.51. The Labute approximate surface area is 78.0 Å². The number of allylic oxidation sites excluding steroid dienone is 4. The largest absolute Gasteiger partial charge is 0.242 e. The predicted octanol–water partition coefficient (Wildman–Crippen LogP) is 2.52. The lowest BCUT2D eigenvalue weighted by atomic mass is 10.0. The van der Waals surface area contributed by atoms with Crippen LogP contribution >= 0.6 is 0 Å². The maximum absolute atomic E-state index is 4.25. The summed E-state index contributed by atoms with van der Waals surface area (Å²) in [6.07, 6.45) is 10.2. The van der Waals surface area contributed by atoms with Gasteiger partial charge < -0.3 is 0 Å². The Kier molecular flexibility index (Phi) is 2.21. The summed E-state index contributed by atoms with van der Waals surface area (Å²) in [5, 5.41) is 0. The zero-order chi connectivity index (χ0) is 9.10. The molecule has 1 aromatic rings. The zero-order valence-electron chi connectivity index (χ0n) is 7.70. The molecule has 0 unspecified atom stereocenters. The minimum absolute atomic E-state index is 1.03. The standard InChI is InChI=1S/C11H12N2/c1-9-7-11(13-8-12-9)10-5-3-2-4-6-10/h2-3,5,7-8H,4,6H2,1H3. The van der Waals surface area contributed by atoms with Gasteiger partial charge in [-0.05, 0) is 31.4 Å². The van der Waals surface area contributed by atoms with Crippen LogP contribution in [0.2, 0.25) is 0 Å². The average molecular weight is 172 g/mol. The third-order valence-corrected chi connectivity index (χ3v) is 2.15. The highest BCUT2D eigenvalue weighted by Gasteiger charge is 2.04. The second kappa shape index (κ2) is 3.52. The molecule has 0 radical (unpaired) electrons. The van der Waals surface area contributed by atoms with Crippen molar-refractivity contribution in [3.63, 3.8) is 0 Å². The highest BCUT2D eigenvalue weighted by atomic mass is 14.8. The molecule has 13 heavy (non-hydrogen) atoms. The summed E-state index contributed by atoms with van der Waals surface area (Å²) < 4.78 is 0. The maximum atomic E-state index is 4.25. The molecule has 0 aliphatic heterocycles. The first-order valence-electron chi connectivity index (χ1n) is 4.51. The van der Waals surface area contributed by atoms with Crippen LogP contribution in [0.3, 0.4) is 0 Å². The molecule has 0 saturated heterocycles. The molecule has 66 valence electrons. The van der Waals surface area contributed by atoms with Crippen molar-refractivity contribution in [2.24, 2.45) is 0 Å². The fraction of sp³-hybridized carbons (Fsp3) is 0.273. The number of nitrogens with zero attached hydrogens (tertiary/aromatic N) is 2. The summed E-state index contributed by atoms with van der Waals surface area (Å²) in [5.74, 6) is 0. The van der Waals surface area contributed by atoms with Gasteiger partial charge in [0.15, 0.2) is 0 Å². The molecule has 0 atom stereocenters. The van der Waals surface area contributed by atoms with E-state index in [-0.39, 0.29) is 0 Å². The van der Waals surface area contributed by atoms with E-state index in [1.54, 1.807) is 6.33 Å². The summed E-state index contributed by atoms with van der Waals surface area (Å²) in [5.41, 5.74) is 3.41. The fourth-order valence-electron chi connectivity index (χ4n) is 1.45. The lowest BCUT2D eigenvalue weighted by Crippen LogP contribution is -1.93. The Hall–Kier alpha value is -1.44. The van der Waals surface area contributed by atoms with Gasteiger partial charge in [0.25, 0.3) is 0 Å². The Morgan fingerprint density at radius 2 is 2.23 bits per heavy atom. The van der Waals surface area contributed by atoms with Crippen molar-refractivity contribution in [3.8, 4) is 0 Å². The first kappa shape index (κ1) is 8.17. The van der Waals surface area contributed by atoms with Crippen LogP contribution in [0.1, 0.15) is 24.2 Å². The second-order valence-electron chi connectivity index (χ2n) is 3.20. The third-order valence-electron chi connectivity index (χ3n) is 2.15. The van der Waals surface area contributed by atoms with Gasteiger partial charge >= 0.3 is 0 Å². The molecule has 1 aromatic heterocycles. The van der Waals surface area contributed by atoms with Crippen LogP contribution in [0.25, 0.3) is 5.57 Å². The van der Waals surface area contributed by atoms with Gasteiger partial charge in [0, 0.05) is 5.69 Å². The third kappa shape index (κ3) is 1.83. The fourth-order valence-corrected chi connectivity index (χ4v) is 1.45. The summed E-state index contributed by atoms with van der Waals surface area (Å²) >= 11 is 0. The molecule has 1 aliphatic rings. The van der Waals surface area contributed by atoms with E-state index < -0.39 is 0 Å². The van der Waals surface area contributed by atoms with E-state index in [9.17, 15) is 0 Å². The Bertz CT molecular complexity index is 364. The minimum Gasteiger partial charge on any atom is -0.242 e. The van der Waals surface area contributed by atoms with Crippen molar-refractivity contribution in [2.45, 2.75) is 19.8 Å². The zero-order valence-corrected chi connectivity index (χ0v) is 7.70. The molecule has 1 heterocycles. The van der Waals surface area contributed by atoms with Crippen LogP contribution in [0.15, 0.2) is 30.6 Å². The molecule has 0 bridgehead atoms. The minimum atomic E-state index is 1.03. The molecule has 2 heteroatoms. The van der Waals surface area contributed by atoms with E-state index in [2.05, 4.69) is 28.2 Å². The SMILES string of the molecule is Cc1cc(C2=CC=CCC2)ncn1. The van der Waals surface area contributed by atoms with Gasteiger partial charge in [0.2, 0.25) is 0 Å². The normalized spacial score (nSPS) is 15.6. The van der Waals surface area contributed by atoms with Gasteiger partial charge in [-0.2, -0.15) is 0 Å². The van der Waals surface area contributed by atoms with E-state index in [0.717, 1.165) is 24.2 Å². The van der Waals surface area contributed by atoms with Crippen LogP contribution in [-0.4, -0.2) is 9.97 Å². The molecule has 0 spiro atoms. The summed E-state index contributed by atoms with van der Waals surface area (Å²) in [4.78, 5) is 8.33.